The van der Waals surface area contributed by atoms with Crippen molar-refractivity contribution in [1.29, 1.82) is 0 Å². The van der Waals surface area contributed by atoms with Gasteiger partial charge in [-0.15, -0.1) is 11.3 Å². The lowest BCUT2D eigenvalue weighted by Gasteiger charge is -2.20. The minimum Gasteiger partial charge on any atom is -0.325 e. The molecule has 1 saturated heterocycles. The molecule has 1 N–H and O–H groups in total. The van der Waals surface area contributed by atoms with E-state index in [-0.39, 0.29) is 17.1 Å². The van der Waals surface area contributed by atoms with E-state index in [1.807, 2.05) is 37.3 Å². The first kappa shape index (κ1) is 15.8. The molecule has 4 rings (SSSR count). The minimum atomic E-state index is -3.02. The van der Waals surface area contributed by atoms with Crippen LogP contribution in [0.4, 0.5) is 5.69 Å². The van der Waals surface area contributed by atoms with Crippen LogP contribution in [0.25, 0.3) is 10.4 Å². The number of fused-ring (bicyclic) bond motifs is 1. The van der Waals surface area contributed by atoms with E-state index in [1.54, 1.807) is 11.3 Å². The molecule has 1 aromatic heterocycles. The average molecular weight is 361 g/mol. The fourth-order valence-electron chi connectivity index (χ4n) is 3.53. The molecule has 2 unspecified atom stereocenters. The van der Waals surface area contributed by atoms with E-state index in [4.69, 9.17) is 0 Å². The molecule has 0 radical (unpaired) electrons. The number of anilines is 1. The second-order valence-electron chi connectivity index (χ2n) is 6.57. The van der Waals surface area contributed by atoms with Crippen molar-refractivity contribution < 1.29 is 13.2 Å². The van der Waals surface area contributed by atoms with Crippen LogP contribution in [0.1, 0.15) is 47.8 Å². The average Bonchev–Trinajstić information content (AvgIpc) is 3.13. The minimum absolute atomic E-state index is 0.0299. The second-order valence-corrected chi connectivity index (χ2v) is 9.98. The summed E-state index contributed by atoms with van der Waals surface area (Å²) in [4.78, 5) is 13.8. The summed E-state index contributed by atoms with van der Waals surface area (Å²) < 4.78 is 24.6. The zero-order chi connectivity index (χ0) is 16.9. The van der Waals surface area contributed by atoms with Gasteiger partial charge in [-0.1, -0.05) is 12.5 Å². The number of amides is 1. The van der Waals surface area contributed by atoms with E-state index in [0.29, 0.717) is 5.75 Å². The van der Waals surface area contributed by atoms with E-state index >= 15 is 0 Å². The first-order chi connectivity index (χ1) is 11.5. The van der Waals surface area contributed by atoms with Crippen LogP contribution in [0.2, 0.25) is 0 Å². The highest BCUT2D eigenvalue weighted by molar-refractivity contribution is 7.91. The lowest BCUT2D eigenvalue weighted by molar-refractivity contribution is -0.116. The molecule has 6 heteroatoms. The predicted octanol–water partition coefficient (Wildman–Crippen LogP) is 4.11. The SMILES string of the molecule is CC1C(=O)Nc2ccc(-c3ccc(C4CCCCS4(=O)=O)s3)cc21. The Morgan fingerprint density at radius 1 is 1.17 bits per heavy atom. The molecule has 2 aliphatic heterocycles. The Morgan fingerprint density at radius 2 is 2.00 bits per heavy atom. The summed E-state index contributed by atoms with van der Waals surface area (Å²) in [5.41, 5.74) is 2.93. The first-order valence-electron chi connectivity index (χ1n) is 8.22. The molecule has 1 aromatic carbocycles. The highest BCUT2D eigenvalue weighted by atomic mass is 32.2. The molecule has 2 atom stereocenters. The summed E-state index contributed by atoms with van der Waals surface area (Å²) in [6.07, 6.45) is 2.48. The van der Waals surface area contributed by atoms with Crippen molar-refractivity contribution in [2.75, 3.05) is 11.1 Å². The van der Waals surface area contributed by atoms with Crippen LogP contribution in [0.3, 0.4) is 0 Å². The smallest absolute Gasteiger partial charge is 0.231 e. The zero-order valence-electron chi connectivity index (χ0n) is 13.4. The Balaban J connectivity index is 1.68. The Labute approximate surface area is 145 Å². The third-order valence-electron chi connectivity index (χ3n) is 4.98. The van der Waals surface area contributed by atoms with Crippen molar-refractivity contribution in [3.8, 4) is 10.4 Å². The number of benzene rings is 1. The lowest BCUT2D eigenvalue weighted by atomic mass is 10.00. The lowest BCUT2D eigenvalue weighted by Crippen LogP contribution is -2.20. The predicted molar refractivity (Wildman–Crippen MR) is 97.2 cm³/mol. The quantitative estimate of drug-likeness (QED) is 0.875. The molecule has 0 saturated carbocycles. The fraction of sp³-hybridized carbons (Fsp3) is 0.389. The van der Waals surface area contributed by atoms with Crippen LogP contribution in [0.15, 0.2) is 30.3 Å². The van der Waals surface area contributed by atoms with Gasteiger partial charge in [0.1, 0.15) is 0 Å². The number of carbonyl (C=O) groups is 1. The summed E-state index contributed by atoms with van der Waals surface area (Å²) >= 11 is 1.56. The molecule has 24 heavy (non-hydrogen) atoms. The zero-order valence-corrected chi connectivity index (χ0v) is 15.0. The number of hydrogen-bond donors (Lipinski definition) is 1. The number of carbonyl (C=O) groups excluding carboxylic acids is 1. The maximum Gasteiger partial charge on any atom is 0.231 e. The normalized spacial score (nSPS) is 25.3. The maximum absolute atomic E-state index is 12.3. The largest absolute Gasteiger partial charge is 0.325 e. The Morgan fingerprint density at radius 3 is 2.79 bits per heavy atom. The standard InChI is InChI=1S/C18H19NO3S2/c1-11-13-10-12(5-6-14(13)19-18(11)20)15-7-8-16(23-15)17-4-2-3-9-24(17,21)22/h5-8,10-11,17H,2-4,9H2,1H3,(H,19,20). The first-order valence-corrected chi connectivity index (χ1v) is 10.8. The molecule has 3 heterocycles. The van der Waals surface area contributed by atoms with E-state index in [9.17, 15) is 13.2 Å². The van der Waals surface area contributed by atoms with Gasteiger partial charge in [0.05, 0.1) is 16.9 Å². The number of nitrogens with one attached hydrogen (secondary N) is 1. The van der Waals surface area contributed by atoms with Crippen molar-refractivity contribution in [1.82, 2.24) is 0 Å². The molecule has 4 nitrogen and oxygen atoms in total. The van der Waals surface area contributed by atoms with Gasteiger partial charge in [-0.2, -0.15) is 0 Å². The molecular formula is C18H19NO3S2. The summed E-state index contributed by atoms with van der Waals surface area (Å²) in [5, 5.41) is 2.53. The molecule has 2 aliphatic rings. The monoisotopic (exact) mass is 361 g/mol. The molecular weight excluding hydrogens is 342 g/mol. The van der Waals surface area contributed by atoms with Crippen LogP contribution in [-0.4, -0.2) is 20.1 Å². The van der Waals surface area contributed by atoms with Gasteiger partial charge >= 0.3 is 0 Å². The number of rotatable bonds is 2. The summed E-state index contributed by atoms with van der Waals surface area (Å²) in [5.74, 6) is 0.190. The Bertz CT molecular complexity index is 914. The van der Waals surface area contributed by atoms with E-state index < -0.39 is 9.84 Å². The van der Waals surface area contributed by atoms with Crippen molar-refractivity contribution in [3.05, 3.63) is 40.8 Å². The van der Waals surface area contributed by atoms with E-state index in [0.717, 1.165) is 45.8 Å². The number of hydrogen-bond acceptors (Lipinski definition) is 4. The van der Waals surface area contributed by atoms with E-state index in [2.05, 4.69) is 5.32 Å². The van der Waals surface area contributed by atoms with Crippen LogP contribution in [-0.2, 0) is 14.6 Å². The molecule has 1 fully saturated rings. The highest BCUT2D eigenvalue weighted by Gasteiger charge is 2.31. The van der Waals surface area contributed by atoms with Gasteiger partial charge < -0.3 is 5.32 Å². The van der Waals surface area contributed by atoms with Crippen LogP contribution >= 0.6 is 11.3 Å². The van der Waals surface area contributed by atoms with Crippen LogP contribution < -0.4 is 5.32 Å². The van der Waals surface area contributed by atoms with Gasteiger partial charge in [-0.05, 0) is 55.2 Å². The van der Waals surface area contributed by atoms with Gasteiger partial charge in [-0.3, -0.25) is 4.79 Å². The van der Waals surface area contributed by atoms with Crippen molar-refractivity contribution in [2.24, 2.45) is 0 Å². The summed E-state index contributed by atoms with van der Waals surface area (Å²) in [6, 6.07) is 9.92. The molecule has 2 aromatic rings. The van der Waals surface area contributed by atoms with Gasteiger partial charge in [0, 0.05) is 15.4 Å². The van der Waals surface area contributed by atoms with Gasteiger partial charge in [-0.25, -0.2) is 8.42 Å². The van der Waals surface area contributed by atoms with Crippen molar-refractivity contribution in [3.63, 3.8) is 0 Å². The third kappa shape index (κ3) is 2.58. The Hall–Kier alpha value is -1.66. The van der Waals surface area contributed by atoms with Crippen molar-refractivity contribution >= 4 is 32.8 Å². The summed E-state index contributed by atoms with van der Waals surface area (Å²) in [6.45, 7) is 1.90. The van der Waals surface area contributed by atoms with Gasteiger partial charge in [0.25, 0.3) is 0 Å². The number of thiophene rings is 1. The topological polar surface area (TPSA) is 63.2 Å². The van der Waals surface area contributed by atoms with E-state index in [1.165, 1.54) is 0 Å². The fourth-order valence-corrected chi connectivity index (χ4v) is 6.98. The van der Waals surface area contributed by atoms with Gasteiger partial charge in [0.15, 0.2) is 9.84 Å². The molecule has 0 spiro atoms. The molecule has 0 aliphatic carbocycles. The summed E-state index contributed by atoms with van der Waals surface area (Å²) in [7, 11) is -3.02. The Kier molecular flexibility index (Phi) is 3.77. The molecule has 0 bridgehead atoms. The third-order valence-corrected chi connectivity index (χ3v) is 8.59. The van der Waals surface area contributed by atoms with Crippen LogP contribution in [0.5, 0.6) is 0 Å². The molecule has 126 valence electrons. The number of sulfone groups is 1. The second kappa shape index (κ2) is 5.70. The highest BCUT2D eigenvalue weighted by Crippen LogP contribution is 2.41. The van der Waals surface area contributed by atoms with Gasteiger partial charge in [0.2, 0.25) is 5.91 Å². The molecule has 1 amide bonds. The van der Waals surface area contributed by atoms with Crippen molar-refractivity contribution in [2.45, 2.75) is 37.4 Å². The maximum atomic E-state index is 12.3. The van der Waals surface area contributed by atoms with Crippen LogP contribution in [0, 0.1) is 0 Å².